The Hall–Kier alpha value is -1.38. The van der Waals surface area contributed by atoms with Crippen molar-refractivity contribution in [1.29, 1.82) is 0 Å². The fourth-order valence-electron chi connectivity index (χ4n) is 0.734. The fraction of sp³-hybridized carbons (Fsp3) is 0.125. The molecular weight excluding hydrogens is 145 g/mol. The SMILES string of the molecule is CNC(=O)c1ccccc1.F. The number of amides is 1. The molecule has 0 unspecified atom stereocenters. The largest absolute Gasteiger partial charge is 0.355 e. The maximum atomic E-state index is 10.9. The molecule has 1 aromatic rings. The summed E-state index contributed by atoms with van der Waals surface area (Å²) in [5, 5.41) is 2.54. The second kappa shape index (κ2) is 4.44. The first-order chi connectivity index (χ1) is 4.84. The van der Waals surface area contributed by atoms with E-state index >= 15 is 0 Å². The molecule has 1 amide bonds. The summed E-state index contributed by atoms with van der Waals surface area (Å²) in [7, 11) is 1.62. The minimum Gasteiger partial charge on any atom is -0.355 e. The summed E-state index contributed by atoms with van der Waals surface area (Å²) in [6.45, 7) is 0. The van der Waals surface area contributed by atoms with Crippen LogP contribution in [0.15, 0.2) is 30.3 Å². The number of carbonyl (C=O) groups is 1. The smallest absolute Gasteiger partial charge is 0.251 e. The second-order valence-electron chi connectivity index (χ2n) is 1.95. The lowest BCUT2D eigenvalue weighted by Gasteiger charge is -1.96. The van der Waals surface area contributed by atoms with E-state index in [9.17, 15) is 4.79 Å². The van der Waals surface area contributed by atoms with Crippen molar-refractivity contribution in [3.05, 3.63) is 35.9 Å². The van der Waals surface area contributed by atoms with E-state index in [2.05, 4.69) is 5.32 Å². The fourth-order valence-corrected chi connectivity index (χ4v) is 0.734. The van der Waals surface area contributed by atoms with Crippen molar-refractivity contribution in [2.24, 2.45) is 0 Å². The lowest BCUT2D eigenvalue weighted by Crippen LogP contribution is -2.17. The predicted molar refractivity (Wildman–Crippen MR) is 42.3 cm³/mol. The van der Waals surface area contributed by atoms with Crippen LogP contribution in [0, 0.1) is 0 Å². The molecule has 0 spiro atoms. The Bertz CT molecular complexity index is 223. The molecule has 0 aromatic heterocycles. The van der Waals surface area contributed by atoms with Crippen molar-refractivity contribution in [1.82, 2.24) is 5.32 Å². The van der Waals surface area contributed by atoms with Gasteiger partial charge in [0.25, 0.3) is 5.91 Å². The van der Waals surface area contributed by atoms with Crippen molar-refractivity contribution in [3.8, 4) is 0 Å². The summed E-state index contributed by atoms with van der Waals surface area (Å²) >= 11 is 0. The van der Waals surface area contributed by atoms with Crippen LogP contribution in [0.2, 0.25) is 0 Å². The third kappa shape index (κ3) is 2.37. The van der Waals surface area contributed by atoms with Gasteiger partial charge in [0.2, 0.25) is 0 Å². The van der Waals surface area contributed by atoms with Crippen LogP contribution >= 0.6 is 0 Å². The molecule has 0 aliphatic carbocycles. The Morgan fingerprint density at radius 3 is 2.27 bits per heavy atom. The van der Waals surface area contributed by atoms with Gasteiger partial charge in [-0.25, -0.2) is 0 Å². The van der Waals surface area contributed by atoms with E-state index in [1.54, 1.807) is 19.2 Å². The lowest BCUT2D eigenvalue weighted by molar-refractivity contribution is 0.0963. The first-order valence-electron chi connectivity index (χ1n) is 3.11. The normalized spacial score (nSPS) is 8.09. The number of hydrogen-bond donors (Lipinski definition) is 1. The van der Waals surface area contributed by atoms with Gasteiger partial charge in [0, 0.05) is 12.6 Å². The maximum absolute atomic E-state index is 10.9. The summed E-state index contributed by atoms with van der Waals surface area (Å²) < 4.78 is 0. The standard InChI is InChI=1S/C8H9NO.FH/c1-9-8(10)7-5-3-2-4-6-7;/h2-6H,1H3,(H,9,10);1H. The van der Waals surface area contributed by atoms with Gasteiger partial charge in [0.1, 0.15) is 0 Å². The van der Waals surface area contributed by atoms with Crippen LogP contribution in [-0.4, -0.2) is 13.0 Å². The molecular formula is C8H10FNO. The molecule has 0 aliphatic heterocycles. The Labute approximate surface area is 64.6 Å². The summed E-state index contributed by atoms with van der Waals surface area (Å²) in [4.78, 5) is 10.9. The van der Waals surface area contributed by atoms with Gasteiger partial charge in [0.15, 0.2) is 0 Å². The van der Waals surface area contributed by atoms with E-state index in [0.717, 1.165) is 0 Å². The van der Waals surface area contributed by atoms with E-state index < -0.39 is 0 Å². The third-order valence-corrected chi connectivity index (χ3v) is 1.26. The van der Waals surface area contributed by atoms with Crippen LogP contribution in [0.4, 0.5) is 4.70 Å². The van der Waals surface area contributed by atoms with E-state index in [1.807, 2.05) is 18.2 Å². The van der Waals surface area contributed by atoms with E-state index in [-0.39, 0.29) is 10.6 Å². The van der Waals surface area contributed by atoms with Crippen molar-refractivity contribution in [2.75, 3.05) is 7.05 Å². The number of nitrogens with one attached hydrogen (secondary N) is 1. The second-order valence-corrected chi connectivity index (χ2v) is 1.95. The van der Waals surface area contributed by atoms with Crippen molar-refractivity contribution in [2.45, 2.75) is 0 Å². The van der Waals surface area contributed by atoms with Crippen molar-refractivity contribution in [3.63, 3.8) is 0 Å². The highest BCUT2D eigenvalue weighted by Crippen LogP contribution is 1.96. The molecule has 11 heavy (non-hydrogen) atoms. The van der Waals surface area contributed by atoms with Gasteiger partial charge in [-0.05, 0) is 12.1 Å². The zero-order chi connectivity index (χ0) is 7.40. The molecule has 0 saturated heterocycles. The monoisotopic (exact) mass is 155 g/mol. The molecule has 1 N–H and O–H groups in total. The summed E-state index contributed by atoms with van der Waals surface area (Å²) in [6.07, 6.45) is 0. The number of halogens is 1. The van der Waals surface area contributed by atoms with E-state index in [1.165, 1.54) is 0 Å². The molecule has 0 aliphatic rings. The van der Waals surface area contributed by atoms with Gasteiger partial charge >= 0.3 is 0 Å². The molecule has 0 bridgehead atoms. The predicted octanol–water partition coefficient (Wildman–Crippen LogP) is 1.20. The van der Waals surface area contributed by atoms with Crippen LogP contribution in [0.25, 0.3) is 0 Å². The van der Waals surface area contributed by atoms with Gasteiger partial charge < -0.3 is 5.32 Å². The first kappa shape index (κ1) is 9.62. The van der Waals surface area contributed by atoms with Gasteiger partial charge in [0.05, 0.1) is 0 Å². The van der Waals surface area contributed by atoms with Gasteiger partial charge in [-0.1, -0.05) is 18.2 Å². The van der Waals surface area contributed by atoms with Crippen LogP contribution in [0.3, 0.4) is 0 Å². The van der Waals surface area contributed by atoms with Crippen LogP contribution < -0.4 is 5.32 Å². The van der Waals surface area contributed by atoms with Gasteiger partial charge in [-0.2, -0.15) is 0 Å². The minimum atomic E-state index is -0.0411. The Kier molecular flexibility index (Phi) is 3.88. The van der Waals surface area contributed by atoms with Crippen LogP contribution in [0.1, 0.15) is 10.4 Å². The molecule has 0 heterocycles. The topological polar surface area (TPSA) is 29.1 Å². The van der Waals surface area contributed by atoms with Gasteiger partial charge in [-0.3, -0.25) is 9.50 Å². The summed E-state index contributed by atoms with van der Waals surface area (Å²) in [5.74, 6) is -0.0411. The maximum Gasteiger partial charge on any atom is 0.251 e. The van der Waals surface area contributed by atoms with Gasteiger partial charge in [-0.15, -0.1) is 0 Å². The number of carbonyl (C=O) groups excluding carboxylic acids is 1. The number of benzene rings is 1. The van der Waals surface area contributed by atoms with Crippen LogP contribution in [-0.2, 0) is 0 Å². The zero-order valence-corrected chi connectivity index (χ0v) is 6.20. The number of rotatable bonds is 1. The molecule has 3 heteroatoms. The summed E-state index contributed by atoms with van der Waals surface area (Å²) in [6, 6.07) is 9.11. The number of hydrogen-bond acceptors (Lipinski definition) is 1. The lowest BCUT2D eigenvalue weighted by atomic mass is 10.2. The van der Waals surface area contributed by atoms with E-state index in [0.29, 0.717) is 5.56 Å². The van der Waals surface area contributed by atoms with E-state index in [4.69, 9.17) is 0 Å². The Balaban J connectivity index is 0.000001000. The Morgan fingerprint density at radius 1 is 1.27 bits per heavy atom. The van der Waals surface area contributed by atoms with Crippen molar-refractivity contribution >= 4 is 5.91 Å². The first-order valence-corrected chi connectivity index (χ1v) is 3.11. The molecule has 60 valence electrons. The highest BCUT2D eigenvalue weighted by atomic mass is 19.0. The molecule has 0 atom stereocenters. The summed E-state index contributed by atoms with van der Waals surface area (Å²) in [5.41, 5.74) is 0.699. The molecule has 2 nitrogen and oxygen atoms in total. The Morgan fingerprint density at radius 2 is 1.82 bits per heavy atom. The molecule has 1 rings (SSSR count). The average Bonchev–Trinajstić information content (AvgIpc) is 2.05. The molecule has 1 aromatic carbocycles. The average molecular weight is 155 g/mol. The quantitative estimate of drug-likeness (QED) is 0.648. The molecule has 0 saturated carbocycles. The highest BCUT2D eigenvalue weighted by molar-refractivity contribution is 5.93. The minimum absolute atomic E-state index is 0. The molecule has 0 fully saturated rings. The van der Waals surface area contributed by atoms with Crippen LogP contribution in [0.5, 0.6) is 0 Å². The highest BCUT2D eigenvalue weighted by Gasteiger charge is 1.97. The zero-order valence-electron chi connectivity index (χ0n) is 6.20. The third-order valence-electron chi connectivity index (χ3n) is 1.26. The van der Waals surface area contributed by atoms with Crippen molar-refractivity contribution < 1.29 is 9.50 Å². The molecule has 0 radical (unpaired) electrons.